The maximum atomic E-state index is 11.7. The molecule has 1 aliphatic rings. The van der Waals surface area contributed by atoms with Crippen molar-refractivity contribution < 1.29 is 14.7 Å². The molecule has 0 saturated carbocycles. The van der Waals surface area contributed by atoms with Crippen LogP contribution in [0.3, 0.4) is 0 Å². The summed E-state index contributed by atoms with van der Waals surface area (Å²) in [6, 6.07) is 4.80. The van der Waals surface area contributed by atoms with Crippen molar-refractivity contribution in [2.45, 2.75) is 19.4 Å². The van der Waals surface area contributed by atoms with Gasteiger partial charge in [0.2, 0.25) is 5.91 Å². The molecule has 90 valence electrons. The number of aryl methyl sites for hydroxylation is 1. The fourth-order valence-corrected chi connectivity index (χ4v) is 2.02. The number of carboxylic acid groups (broad SMARTS) is 1. The summed E-state index contributed by atoms with van der Waals surface area (Å²) in [4.78, 5) is 24.3. The highest BCUT2D eigenvalue weighted by molar-refractivity contribution is 6.03. The zero-order valence-electron chi connectivity index (χ0n) is 9.51. The van der Waals surface area contributed by atoms with E-state index in [4.69, 9.17) is 10.8 Å². The Bertz CT molecular complexity index is 485. The summed E-state index contributed by atoms with van der Waals surface area (Å²) >= 11 is 0. The summed E-state index contributed by atoms with van der Waals surface area (Å²) in [7, 11) is 0. The van der Waals surface area contributed by atoms with E-state index in [0.717, 1.165) is 5.56 Å². The van der Waals surface area contributed by atoms with E-state index in [2.05, 4.69) is 0 Å². The maximum absolute atomic E-state index is 11.7. The van der Waals surface area contributed by atoms with Crippen LogP contribution in [-0.2, 0) is 4.79 Å². The lowest BCUT2D eigenvalue weighted by atomic mass is 10.1. The molecule has 0 aliphatic carbocycles. The Kier molecular flexibility index (Phi) is 2.85. The molecular formula is C12H14N2O3. The first-order chi connectivity index (χ1) is 7.99. The molecular weight excluding hydrogens is 220 g/mol. The van der Waals surface area contributed by atoms with E-state index in [1.165, 1.54) is 4.90 Å². The molecule has 17 heavy (non-hydrogen) atoms. The SMILES string of the molecule is Cc1ccc(N2CC(N)CC2=O)c(C(=O)O)c1. The molecule has 0 spiro atoms. The molecule has 1 saturated heterocycles. The molecule has 5 heteroatoms. The lowest BCUT2D eigenvalue weighted by molar-refractivity contribution is -0.117. The van der Waals surface area contributed by atoms with Gasteiger partial charge in [-0.2, -0.15) is 0 Å². The van der Waals surface area contributed by atoms with Crippen molar-refractivity contribution in [1.82, 2.24) is 0 Å². The van der Waals surface area contributed by atoms with Gasteiger partial charge < -0.3 is 15.7 Å². The van der Waals surface area contributed by atoms with Gasteiger partial charge in [-0.25, -0.2) is 4.79 Å². The van der Waals surface area contributed by atoms with E-state index < -0.39 is 5.97 Å². The third-order valence-electron chi connectivity index (χ3n) is 2.83. The highest BCUT2D eigenvalue weighted by Gasteiger charge is 2.30. The average molecular weight is 234 g/mol. The van der Waals surface area contributed by atoms with E-state index in [1.807, 2.05) is 6.92 Å². The Morgan fingerprint density at radius 1 is 1.53 bits per heavy atom. The van der Waals surface area contributed by atoms with Gasteiger partial charge in [-0.15, -0.1) is 0 Å². The van der Waals surface area contributed by atoms with Crippen LogP contribution in [0.2, 0.25) is 0 Å². The second kappa shape index (κ2) is 4.18. The van der Waals surface area contributed by atoms with Gasteiger partial charge in [-0.05, 0) is 19.1 Å². The first-order valence-electron chi connectivity index (χ1n) is 5.39. The van der Waals surface area contributed by atoms with Crippen molar-refractivity contribution >= 4 is 17.6 Å². The van der Waals surface area contributed by atoms with Gasteiger partial charge in [-0.1, -0.05) is 11.6 Å². The predicted molar refractivity (Wildman–Crippen MR) is 63.1 cm³/mol. The minimum absolute atomic E-state index is 0.121. The summed E-state index contributed by atoms with van der Waals surface area (Å²) in [5, 5.41) is 9.13. The Hall–Kier alpha value is -1.88. The fraction of sp³-hybridized carbons (Fsp3) is 0.333. The summed E-state index contributed by atoms with van der Waals surface area (Å²) in [6.45, 7) is 2.19. The Morgan fingerprint density at radius 2 is 2.24 bits per heavy atom. The van der Waals surface area contributed by atoms with Gasteiger partial charge >= 0.3 is 5.97 Å². The number of anilines is 1. The van der Waals surface area contributed by atoms with Crippen LogP contribution in [0.15, 0.2) is 18.2 Å². The van der Waals surface area contributed by atoms with E-state index in [-0.39, 0.29) is 23.9 Å². The summed E-state index contributed by atoms with van der Waals surface area (Å²) in [6.07, 6.45) is 0.271. The molecule has 2 rings (SSSR count). The lowest BCUT2D eigenvalue weighted by Gasteiger charge is -2.18. The molecule has 0 aromatic heterocycles. The van der Waals surface area contributed by atoms with Crippen molar-refractivity contribution in [2.75, 3.05) is 11.4 Å². The van der Waals surface area contributed by atoms with Gasteiger partial charge in [0.05, 0.1) is 11.3 Å². The Labute approximate surface area is 98.8 Å². The standard InChI is InChI=1S/C12H14N2O3/c1-7-2-3-10(9(4-7)12(16)17)14-6-8(13)5-11(14)15/h2-4,8H,5-6,13H2,1H3,(H,16,17). The number of carboxylic acids is 1. The molecule has 1 aliphatic heterocycles. The number of amides is 1. The monoisotopic (exact) mass is 234 g/mol. The molecule has 0 radical (unpaired) electrons. The van der Waals surface area contributed by atoms with E-state index in [9.17, 15) is 9.59 Å². The third-order valence-corrected chi connectivity index (χ3v) is 2.83. The van der Waals surface area contributed by atoms with Crippen LogP contribution < -0.4 is 10.6 Å². The molecule has 0 bridgehead atoms. The summed E-state index contributed by atoms with van der Waals surface area (Å²) < 4.78 is 0. The molecule has 1 unspecified atom stereocenters. The van der Waals surface area contributed by atoms with Crippen LogP contribution in [0.5, 0.6) is 0 Å². The number of carbonyl (C=O) groups is 2. The van der Waals surface area contributed by atoms with Crippen LogP contribution in [0.1, 0.15) is 22.3 Å². The van der Waals surface area contributed by atoms with Gasteiger partial charge in [-0.3, -0.25) is 4.79 Å². The van der Waals surface area contributed by atoms with E-state index in [1.54, 1.807) is 18.2 Å². The molecule has 5 nitrogen and oxygen atoms in total. The van der Waals surface area contributed by atoms with Crippen molar-refractivity contribution in [1.29, 1.82) is 0 Å². The van der Waals surface area contributed by atoms with Crippen LogP contribution in [0.25, 0.3) is 0 Å². The van der Waals surface area contributed by atoms with Crippen LogP contribution in [0, 0.1) is 6.92 Å². The Balaban J connectivity index is 2.45. The number of hydrogen-bond acceptors (Lipinski definition) is 3. The van der Waals surface area contributed by atoms with E-state index >= 15 is 0 Å². The topological polar surface area (TPSA) is 83.6 Å². The Morgan fingerprint density at radius 3 is 2.76 bits per heavy atom. The summed E-state index contributed by atoms with van der Waals surface area (Å²) in [5.41, 5.74) is 7.13. The van der Waals surface area contributed by atoms with Crippen LogP contribution in [0.4, 0.5) is 5.69 Å². The third kappa shape index (κ3) is 2.14. The second-order valence-corrected chi connectivity index (χ2v) is 4.29. The predicted octanol–water partition coefficient (Wildman–Crippen LogP) is 0.757. The zero-order valence-corrected chi connectivity index (χ0v) is 9.51. The van der Waals surface area contributed by atoms with Crippen LogP contribution >= 0.6 is 0 Å². The molecule has 1 aromatic carbocycles. The van der Waals surface area contributed by atoms with Crippen LogP contribution in [-0.4, -0.2) is 29.6 Å². The minimum Gasteiger partial charge on any atom is -0.478 e. The minimum atomic E-state index is -1.03. The molecule has 1 amide bonds. The summed E-state index contributed by atoms with van der Waals surface area (Å²) in [5.74, 6) is -1.15. The maximum Gasteiger partial charge on any atom is 0.337 e. The molecule has 1 atom stereocenters. The number of benzene rings is 1. The molecule has 1 fully saturated rings. The quantitative estimate of drug-likeness (QED) is 0.791. The largest absolute Gasteiger partial charge is 0.478 e. The number of aromatic carboxylic acids is 1. The molecule has 1 aromatic rings. The smallest absolute Gasteiger partial charge is 0.337 e. The number of rotatable bonds is 2. The highest BCUT2D eigenvalue weighted by atomic mass is 16.4. The molecule has 1 heterocycles. The molecule has 3 N–H and O–H groups in total. The highest BCUT2D eigenvalue weighted by Crippen LogP contribution is 2.26. The number of hydrogen-bond donors (Lipinski definition) is 2. The number of nitrogens with zero attached hydrogens (tertiary/aromatic N) is 1. The second-order valence-electron chi connectivity index (χ2n) is 4.29. The first kappa shape index (κ1) is 11.6. The van der Waals surface area contributed by atoms with Crippen molar-refractivity contribution in [3.63, 3.8) is 0 Å². The average Bonchev–Trinajstić information content (AvgIpc) is 2.57. The van der Waals surface area contributed by atoms with Gasteiger partial charge in [0, 0.05) is 19.0 Å². The number of carbonyl (C=O) groups excluding carboxylic acids is 1. The first-order valence-corrected chi connectivity index (χ1v) is 5.39. The van der Waals surface area contributed by atoms with E-state index in [0.29, 0.717) is 12.2 Å². The van der Waals surface area contributed by atoms with Crippen molar-refractivity contribution in [2.24, 2.45) is 5.73 Å². The fourth-order valence-electron chi connectivity index (χ4n) is 2.02. The van der Waals surface area contributed by atoms with Crippen molar-refractivity contribution in [3.8, 4) is 0 Å². The van der Waals surface area contributed by atoms with Gasteiger partial charge in [0.15, 0.2) is 0 Å². The number of nitrogens with two attached hydrogens (primary N) is 1. The van der Waals surface area contributed by atoms with Gasteiger partial charge in [0.25, 0.3) is 0 Å². The zero-order chi connectivity index (χ0) is 12.6. The van der Waals surface area contributed by atoms with Gasteiger partial charge in [0.1, 0.15) is 0 Å². The van der Waals surface area contributed by atoms with Crippen molar-refractivity contribution in [3.05, 3.63) is 29.3 Å². The normalized spacial score (nSPS) is 19.8. The lowest BCUT2D eigenvalue weighted by Crippen LogP contribution is -2.29.